The second-order valence-electron chi connectivity index (χ2n) is 5.21. The van der Waals surface area contributed by atoms with Crippen LogP contribution >= 0.6 is 11.8 Å². The second kappa shape index (κ2) is 7.70. The first kappa shape index (κ1) is 17.1. The number of hydrogen-bond donors (Lipinski definition) is 2. The maximum atomic E-state index is 11.4. The van der Waals surface area contributed by atoms with Crippen LogP contribution in [0.15, 0.2) is 23.1 Å². The predicted octanol–water partition coefficient (Wildman–Crippen LogP) is 3.63. The minimum Gasteiger partial charge on any atom is -0.480 e. The molecule has 0 amide bonds. The molecule has 4 heteroatoms. The first-order valence-electron chi connectivity index (χ1n) is 7.07. The lowest BCUT2D eigenvalue weighted by Gasteiger charge is -2.27. The van der Waals surface area contributed by atoms with Crippen molar-refractivity contribution in [2.24, 2.45) is 0 Å². The van der Waals surface area contributed by atoms with Crippen LogP contribution in [0.3, 0.4) is 0 Å². The number of likely N-dealkylation sites (N-methyl/N-ethyl adjacent to an activating group) is 1. The van der Waals surface area contributed by atoms with Crippen molar-refractivity contribution in [3.8, 4) is 0 Å². The van der Waals surface area contributed by atoms with Gasteiger partial charge < -0.3 is 10.4 Å². The highest BCUT2D eigenvalue weighted by Gasteiger charge is 2.33. The number of carboxylic acids is 1. The number of carbonyl (C=O) groups is 1. The van der Waals surface area contributed by atoms with E-state index in [-0.39, 0.29) is 0 Å². The van der Waals surface area contributed by atoms with Crippen LogP contribution in [0.4, 0.5) is 0 Å². The minimum absolute atomic E-state index is 0.604. The van der Waals surface area contributed by atoms with E-state index >= 15 is 0 Å². The molecule has 0 aromatic heterocycles. The first-order chi connectivity index (χ1) is 9.45. The Kier molecular flexibility index (Phi) is 6.56. The van der Waals surface area contributed by atoms with E-state index in [9.17, 15) is 9.90 Å². The lowest BCUT2D eigenvalue weighted by atomic mass is 9.91. The zero-order valence-corrected chi connectivity index (χ0v) is 13.6. The number of thioether (sulfide) groups is 1. The van der Waals surface area contributed by atoms with E-state index in [2.05, 4.69) is 37.4 Å². The summed E-state index contributed by atoms with van der Waals surface area (Å²) in [4.78, 5) is 12.7. The van der Waals surface area contributed by atoms with Crippen molar-refractivity contribution in [2.45, 2.75) is 50.5 Å². The summed E-state index contributed by atoms with van der Waals surface area (Å²) in [5, 5.41) is 12.3. The summed E-state index contributed by atoms with van der Waals surface area (Å²) in [7, 11) is 1.73. The molecule has 0 heterocycles. The molecule has 20 heavy (non-hydrogen) atoms. The van der Waals surface area contributed by atoms with Gasteiger partial charge in [-0.3, -0.25) is 4.79 Å². The molecule has 1 unspecified atom stereocenters. The van der Waals surface area contributed by atoms with E-state index in [0.29, 0.717) is 12.8 Å². The highest BCUT2D eigenvalue weighted by molar-refractivity contribution is 7.99. The summed E-state index contributed by atoms with van der Waals surface area (Å²) in [6.07, 6.45) is 2.15. The maximum Gasteiger partial charge on any atom is 0.323 e. The molecule has 0 bridgehead atoms. The molecule has 1 rings (SSSR count). The third-order valence-corrected chi connectivity index (χ3v) is 5.08. The Morgan fingerprint density at radius 1 is 1.40 bits per heavy atom. The molecule has 2 N–H and O–H groups in total. The van der Waals surface area contributed by atoms with E-state index < -0.39 is 11.5 Å². The van der Waals surface area contributed by atoms with Crippen LogP contribution < -0.4 is 5.32 Å². The molecule has 3 nitrogen and oxygen atoms in total. The molecule has 0 aliphatic rings. The number of carboxylic acid groups (broad SMARTS) is 1. The number of nitrogens with one attached hydrogen (secondary N) is 1. The van der Waals surface area contributed by atoms with E-state index in [1.165, 1.54) is 16.0 Å². The predicted molar refractivity (Wildman–Crippen MR) is 85.6 cm³/mol. The van der Waals surface area contributed by atoms with Gasteiger partial charge in [0.2, 0.25) is 0 Å². The van der Waals surface area contributed by atoms with Gasteiger partial charge in [0.15, 0.2) is 0 Å². The summed E-state index contributed by atoms with van der Waals surface area (Å²) < 4.78 is 0. The van der Waals surface area contributed by atoms with Crippen molar-refractivity contribution in [1.29, 1.82) is 0 Å². The van der Waals surface area contributed by atoms with Crippen molar-refractivity contribution in [3.05, 3.63) is 29.3 Å². The summed E-state index contributed by atoms with van der Waals surface area (Å²) in [5.41, 5.74) is 1.78. The Labute approximate surface area is 126 Å². The monoisotopic (exact) mass is 295 g/mol. The van der Waals surface area contributed by atoms with Gasteiger partial charge in [0.1, 0.15) is 5.54 Å². The van der Waals surface area contributed by atoms with Gasteiger partial charge in [-0.1, -0.05) is 24.6 Å². The van der Waals surface area contributed by atoms with Gasteiger partial charge in [-0.2, -0.15) is 0 Å². The number of aliphatic carboxylic acids is 1. The van der Waals surface area contributed by atoms with Gasteiger partial charge in [0.05, 0.1) is 0 Å². The Hall–Kier alpha value is -1.00. The number of benzene rings is 1. The molecule has 0 aliphatic heterocycles. The SMILES string of the molecule is CCC(CCCSc1cc(C)ccc1C)(NC)C(=O)O. The summed E-state index contributed by atoms with van der Waals surface area (Å²) >= 11 is 1.81. The third-order valence-electron chi connectivity index (χ3n) is 3.84. The Balaban J connectivity index is 2.52. The Bertz CT molecular complexity index is 456. The molecule has 1 atom stereocenters. The fourth-order valence-electron chi connectivity index (χ4n) is 2.26. The van der Waals surface area contributed by atoms with Crippen LogP contribution in [0.5, 0.6) is 0 Å². The number of hydrogen-bond acceptors (Lipinski definition) is 3. The third kappa shape index (κ3) is 4.25. The zero-order chi connectivity index (χ0) is 15.2. The van der Waals surface area contributed by atoms with Gasteiger partial charge >= 0.3 is 5.97 Å². The molecule has 0 saturated carbocycles. The van der Waals surface area contributed by atoms with E-state index in [0.717, 1.165) is 12.2 Å². The normalized spacial score (nSPS) is 14.0. The van der Waals surface area contributed by atoms with Gasteiger partial charge in [-0.05, 0) is 57.5 Å². The van der Waals surface area contributed by atoms with Crippen LogP contribution in [-0.4, -0.2) is 29.4 Å². The molecule has 112 valence electrons. The maximum absolute atomic E-state index is 11.4. The van der Waals surface area contributed by atoms with E-state index in [1.807, 2.05) is 18.7 Å². The summed E-state index contributed by atoms with van der Waals surface area (Å²) in [6.45, 7) is 6.13. The molecular weight excluding hydrogens is 270 g/mol. The second-order valence-corrected chi connectivity index (χ2v) is 6.35. The van der Waals surface area contributed by atoms with Crippen molar-refractivity contribution in [1.82, 2.24) is 5.32 Å². The van der Waals surface area contributed by atoms with E-state index in [4.69, 9.17) is 0 Å². The quantitative estimate of drug-likeness (QED) is 0.568. The molecule has 0 saturated heterocycles. The molecular formula is C16H25NO2S. The van der Waals surface area contributed by atoms with Crippen LogP contribution in [0, 0.1) is 13.8 Å². The lowest BCUT2D eigenvalue weighted by molar-refractivity contribution is -0.145. The van der Waals surface area contributed by atoms with Crippen molar-refractivity contribution >= 4 is 17.7 Å². The van der Waals surface area contributed by atoms with Gasteiger partial charge in [-0.25, -0.2) is 0 Å². The lowest BCUT2D eigenvalue weighted by Crippen LogP contribution is -2.49. The highest BCUT2D eigenvalue weighted by atomic mass is 32.2. The van der Waals surface area contributed by atoms with Crippen LogP contribution in [0.1, 0.15) is 37.3 Å². The number of aryl methyl sites for hydroxylation is 2. The molecule has 1 aromatic carbocycles. The van der Waals surface area contributed by atoms with Gasteiger partial charge in [0, 0.05) is 4.90 Å². The zero-order valence-electron chi connectivity index (χ0n) is 12.8. The van der Waals surface area contributed by atoms with Gasteiger partial charge in [0.25, 0.3) is 0 Å². The molecule has 0 spiro atoms. The summed E-state index contributed by atoms with van der Waals surface area (Å²) in [5.74, 6) is 0.195. The van der Waals surface area contributed by atoms with E-state index in [1.54, 1.807) is 7.05 Å². The Morgan fingerprint density at radius 2 is 2.10 bits per heavy atom. The fraction of sp³-hybridized carbons (Fsp3) is 0.562. The summed E-state index contributed by atoms with van der Waals surface area (Å²) in [6, 6.07) is 6.45. The van der Waals surface area contributed by atoms with Crippen LogP contribution in [-0.2, 0) is 4.79 Å². The smallest absolute Gasteiger partial charge is 0.323 e. The molecule has 0 fully saturated rings. The average Bonchev–Trinajstić information content (AvgIpc) is 2.43. The van der Waals surface area contributed by atoms with Crippen molar-refractivity contribution in [3.63, 3.8) is 0 Å². The highest BCUT2D eigenvalue weighted by Crippen LogP contribution is 2.26. The Morgan fingerprint density at radius 3 is 2.65 bits per heavy atom. The van der Waals surface area contributed by atoms with Crippen LogP contribution in [0.2, 0.25) is 0 Å². The number of rotatable bonds is 8. The molecule has 1 aromatic rings. The largest absolute Gasteiger partial charge is 0.480 e. The molecule has 0 aliphatic carbocycles. The fourth-order valence-corrected chi connectivity index (χ4v) is 3.34. The first-order valence-corrected chi connectivity index (χ1v) is 8.06. The standard InChI is InChI=1S/C16H25NO2S/c1-5-16(17-4,15(18)19)9-6-10-20-14-11-12(2)7-8-13(14)3/h7-8,11,17H,5-6,9-10H2,1-4H3,(H,18,19). The van der Waals surface area contributed by atoms with Gasteiger partial charge in [-0.15, -0.1) is 11.8 Å². The molecule has 0 radical (unpaired) electrons. The van der Waals surface area contributed by atoms with Crippen LogP contribution in [0.25, 0.3) is 0 Å². The topological polar surface area (TPSA) is 49.3 Å². The average molecular weight is 295 g/mol. The minimum atomic E-state index is -0.776. The van der Waals surface area contributed by atoms with Crippen molar-refractivity contribution in [2.75, 3.05) is 12.8 Å². The van der Waals surface area contributed by atoms with Crippen molar-refractivity contribution < 1.29 is 9.90 Å².